The zero-order valence-electron chi connectivity index (χ0n) is 10.8. The van der Waals surface area contributed by atoms with Crippen LogP contribution in [0.4, 0.5) is 14.5 Å². The van der Waals surface area contributed by atoms with E-state index in [-0.39, 0.29) is 12.3 Å². The Morgan fingerprint density at radius 1 is 1.24 bits per heavy atom. The van der Waals surface area contributed by atoms with E-state index in [1.807, 2.05) is 6.07 Å². The highest BCUT2D eigenvalue weighted by Gasteiger charge is 2.10. The van der Waals surface area contributed by atoms with Gasteiger partial charge < -0.3 is 10.1 Å². The van der Waals surface area contributed by atoms with Crippen molar-refractivity contribution in [3.8, 4) is 11.8 Å². The molecule has 0 aliphatic heterocycles. The maximum Gasteiger partial charge on any atom is 0.387 e. The molecule has 6 heteroatoms. The van der Waals surface area contributed by atoms with Gasteiger partial charge in [0.2, 0.25) is 0 Å². The first-order valence-electron chi connectivity index (χ1n) is 6.06. The lowest BCUT2D eigenvalue weighted by molar-refractivity contribution is -0.0504. The monoisotopic (exact) mass is 308 g/mol. The molecular formula is C15H11ClF2N2O. The Balaban J connectivity index is 2.15. The van der Waals surface area contributed by atoms with E-state index in [4.69, 9.17) is 16.9 Å². The third-order valence-electron chi connectivity index (χ3n) is 2.71. The highest BCUT2D eigenvalue weighted by molar-refractivity contribution is 6.30. The van der Waals surface area contributed by atoms with Crippen LogP contribution < -0.4 is 10.1 Å². The minimum atomic E-state index is -2.90. The maximum atomic E-state index is 12.4. The van der Waals surface area contributed by atoms with Gasteiger partial charge in [-0.1, -0.05) is 17.7 Å². The van der Waals surface area contributed by atoms with E-state index in [2.05, 4.69) is 10.1 Å². The Morgan fingerprint density at radius 3 is 2.76 bits per heavy atom. The van der Waals surface area contributed by atoms with Crippen LogP contribution in [-0.4, -0.2) is 6.61 Å². The molecule has 2 aromatic carbocycles. The van der Waals surface area contributed by atoms with Crippen molar-refractivity contribution in [1.29, 1.82) is 5.26 Å². The van der Waals surface area contributed by atoms with Crippen molar-refractivity contribution in [2.45, 2.75) is 13.2 Å². The molecule has 0 heterocycles. The van der Waals surface area contributed by atoms with Crippen LogP contribution >= 0.6 is 11.6 Å². The van der Waals surface area contributed by atoms with Gasteiger partial charge >= 0.3 is 6.61 Å². The van der Waals surface area contributed by atoms with E-state index >= 15 is 0 Å². The Kier molecular flexibility index (Phi) is 4.96. The summed E-state index contributed by atoms with van der Waals surface area (Å²) in [6.07, 6.45) is 0. The van der Waals surface area contributed by atoms with Crippen molar-refractivity contribution < 1.29 is 13.5 Å². The Morgan fingerprint density at radius 2 is 2.05 bits per heavy atom. The molecular weight excluding hydrogens is 298 g/mol. The fourth-order valence-electron chi connectivity index (χ4n) is 1.79. The summed E-state index contributed by atoms with van der Waals surface area (Å²) in [5, 5.41) is 12.3. The largest absolute Gasteiger partial charge is 0.434 e. The molecule has 0 fully saturated rings. The third kappa shape index (κ3) is 4.33. The van der Waals surface area contributed by atoms with E-state index in [0.29, 0.717) is 21.8 Å². The van der Waals surface area contributed by atoms with Crippen LogP contribution in [0.3, 0.4) is 0 Å². The molecule has 108 valence electrons. The fraction of sp³-hybridized carbons (Fsp3) is 0.133. The maximum absolute atomic E-state index is 12.4. The van der Waals surface area contributed by atoms with Gasteiger partial charge in [0, 0.05) is 22.8 Å². The van der Waals surface area contributed by atoms with Gasteiger partial charge in [0.15, 0.2) is 0 Å². The van der Waals surface area contributed by atoms with E-state index in [1.54, 1.807) is 30.3 Å². The zero-order chi connectivity index (χ0) is 15.2. The fourth-order valence-corrected chi connectivity index (χ4v) is 1.99. The molecule has 1 N–H and O–H groups in total. The van der Waals surface area contributed by atoms with Crippen molar-refractivity contribution in [2.75, 3.05) is 5.32 Å². The lowest BCUT2D eigenvalue weighted by Crippen LogP contribution is -2.07. The number of nitrogens with zero attached hydrogens (tertiary/aromatic N) is 1. The van der Waals surface area contributed by atoms with E-state index < -0.39 is 6.61 Å². The Hall–Kier alpha value is -2.32. The second-order valence-electron chi connectivity index (χ2n) is 4.18. The smallest absolute Gasteiger partial charge is 0.387 e. The molecule has 0 saturated carbocycles. The van der Waals surface area contributed by atoms with Crippen molar-refractivity contribution in [3.05, 3.63) is 58.6 Å². The van der Waals surface area contributed by atoms with Crippen LogP contribution in [0.15, 0.2) is 42.5 Å². The van der Waals surface area contributed by atoms with Crippen LogP contribution in [0, 0.1) is 11.3 Å². The SMILES string of the molecule is N#Cc1cccc(NCc2cc(Cl)ccc2OC(F)F)c1. The van der Waals surface area contributed by atoms with Crippen LogP contribution in [0.2, 0.25) is 5.02 Å². The predicted octanol–water partition coefficient (Wildman–Crippen LogP) is 4.43. The van der Waals surface area contributed by atoms with E-state index in [1.165, 1.54) is 12.1 Å². The van der Waals surface area contributed by atoms with Crippen molar-refractivity contribution in [3.63, 3.8) is 0 Å². The molecule has 0 atom stereocenters. The van der Waals surface area contributed by atoms with Gasteiger partial charge in [-0.15, -0.1) is 0 Å². The molecule has 0 radical (unpaired) electrons. The number of hydrogen-bond donors (Lipinski definition) is 1. The molecule has 0 saturated heterocycles. The number of nitrogens with one attached hydrogen (secondary N) is 1. The second kappa shape index (κ2) is 6.91. The second-order valence-corrected chi connectivity index (χ2v) is 4.61. The summed E-state index contributed by atoms with van der Waals surface area (Å²) in [5.74, 6) is 0.0679. The Bertz CT molecular complexity index is 671. The van der Waals surface area contributed by atoms with E-state index in [0.717, 1.165) is 0 Å². The molecule has 0 aliphatic carbocycles. The van der Waals surface area contributed by atoms with Crippen molar-refractivity contribution >= 4 is 17.3 Å². The molecule has 0 unspecified atom stereocenters. The van der Waals surface area contributed by atoms with Gasteiger partial charge in [0.25, 0.3) is 0 Å². The standard InChI is InChI=1S/C15H11ClF2N2O/c16-12-4-5-14(21-15(17)18)11(7-12)9-20-13-3-1-2-10(6-13)8-19/h1-7,15,20H,9H2. The summed E-state index contributed by atoms with van der Waals surface area (Å²) >= 11 is 5.87. The summed E-state index contributed by atoms with van der Waals surface area (Å²) in [4.78, 5) is 0. The average molecular weight is 309 g/mol. The van der Waals surface area contributed by atoms with Crippen molar-refractivity contribution in [2.24, 2.45) is 0 Å². The van der Waals surface area contributed by atoms with Gasteiger partial charge in [0.05, 0.1) is 11.6 Å². The lowest BCUT2D eigenvalue weighted by atomic mass is 10.1. The number of rotatable bonds is 5. The molecule has 2 rings (SSSR count). The molecule has 0 spiro atoms. The number of nitriles is 1. The zero-order valence-corrected chi connectivity index (χ0v) is 11.6. The van der Waals surface area contributed by atoms with Crippen molar-refractivity contribution in [1.82, 2.24) is 0 Å². The first kappa shape index (κ1) is 15.1. The van der Waals surface area contributed by atoms with Gasteiger partial charge in [0.1, 0.15) is 5.75 Å². The Labute approximate surface area is 125 Å². The summed E-state index contributed by atoms with van der Waals surface area (Å²) in [6.45, 7) is -2.65. The van der Waals surface area contributed by atoms with Crippen LogP contribution in [0.25, 0.3) is 0 Å². The number of ether oxygens (including phenoxy) is 1. The highest BCUT2D eigenvalue weighted by Crippen LogP contribution is 2.25. The predicted molar refractivity (Wildman–Crippen MR) is 76.6 cm³/mol. The molecule has 2 aromatic rings. The van der Waals surface area contributed by atoms with Crippen LogP contribution in [0.1, 0.15) is 11.1 Å². The minimum absolute atomic E-state index is 0.0679. The quantitative estimate of drug-likeness (QED) is 0.889. The number of hydrogen-bond acceptors (Lipinski definition) is 3. The van der Waals surface area contributed by atoms with Gasteiger partial charge in [-0.2, -0.15) is 14.0 Å². The van der Waals surface area contributed by atoms with Gasteiger partial charge in [-0.05, 0) is 36.4 Å². The van der Waals surface area contributed by atoms with Crippen LogP contribution in [-0.2, 0) is 6.54 Å². The van der Waals surface area contributed by atoms with Gasteiger partial charge in [-0.3, -0.25) is 0 Å². The van der Waals surface area contributed by atoms with E-state index in [9.17, 15) is 8.78 Å². The summed E-state index contributed by atoms with van der Waals surface area (Å²) in [6, 6.07) is 13.3. The molecule has 0 aliphatic rings. The topological polar surface area (TPSA) is 45.0 Å². The lowest BCUT2D eigenvalue weighted by Gasteiger charge is -2.12. The van der Waals surface area contributed by atoms with Gasteiger partial charge in [-0.25, -0.2) is 0 Å². The third-order valence-corrected chi connectivity index (χ3v) is 2.95. The molecule has 0 aromatic heterocycles. The average Bonchev–Trinajstić information content (AvgIpc) is 2.47. The first-order valence-corrected chi connectivity index (χ1v) is 6.43. The normalized spacial score (nSPS) is 10.2. The number of alkyl halides is 2. The highest BCUT2D eigenvalue weighted by atomic mass is 35.5. The number of benzene rings is 2. The summed E-state index contributed by atoms with van der Waals surface area (Å²) in [7, 11) is 0. The number of anilines is 1. The molecule has 0 bridgehead atoms. The number of halogens is 3. The minimum Gasteiger partial charge on any atom is -0.434 e. The molecule has 21 heavy (non-hydrogen) atoms. The molecule has 0 amide bonds. The summed E-state index contributed by atoms with van der Waals surface area (Å²) < 4.78 is 29.2. The van der Waals surface area contributed by atoms with Crippen LogP contribution in [0.5, 0.6) is 5.75 Å². The summed E-state index contributed by atoms with van der Waals surface area (Å²) in [5.41, 5.74) is 1.72. The first-order chi connectivity index (χ1) is 10.1. The molecule has 3 nitrogen and oxygen atoms in total.